The largest absolute Gasteiger partial charge is 0.465 e. The van der Waals surface area contributed by atoms with Gasteiger partial charge in [0, 0.05) is 30.8 Å². The molecule has 0 amide bonds. The van der Waals surface area contributed by atoms with Crippen LogP contribution in [0, 0.1) is 23.2 Å². The van der Waals surface area contributed by atoms with Crippen molar-refractivity contribution in [2.24, 2.45) is 23.2 Å². The summed E-state index contributed by atoms with van der Waals surface area (Å²) < 4.78 is 10.7. The van der Waals surface area contributed by atoms with Crippen molar-refractivity contribution in [3.05, 3.63) is 36.0 Å². The van der Waals surface area contributed by atoms with Crippen LogP contribution in [0.5, 0.6) is 0 Å². The zero-order valence-electron chi connectivity index (χ0n) is 17.6. The number of allylic oxidation sites excluding steroid dienone is 3. The molecule has 0 radical (unpaired) electrons. The second-order valence-electron chi connectivity index (χ2n) is 8.53. The molecule has 0 bridgehead atoms. The summed E-state index contributed by atoms with van der Waals surface area (Å²) in [6.07, 6.45) is 6.92. The molecule has 2 aliphatic carbocycles. The lowest BCUT2D eigenvalue weighted by atomic mass is 9.57. The van der Waals surface area contributed by atoms with E-state index in [-0.39, 0.29) is 53.6 Å². The van der Waals surface area contributed by atoms with E-state index in [0.717, 1.165) is 24.8 Å². The van der Waals surface area contributed by atoms with Crippen molar-refractivity contribution in [3.8, 4) is 0 Å². The maximum absolute atomic E-state index is 12.4. The average molecular weight is 389 g/mol. The van der Waals surface area contributed by atoms with E-state index in [1.807, 2.05) is 13.8 Å². The Morgan fingerprint density at radius 2 is 2.07 bits per heavy atom. The molecule has 0 N–H and O–H groups in total. The Labute approximate surface area is 167 Å². The van der Waals surface area contributed by atoms with Gasteiger partial charge in [-0.15, -0.1) is 0 Å². The minimum absolute atomic E-state index is 0.0621. The number of fused-ring (bicyclic) bond motifs is 1. The number of ether oxygens (including phenoxy) is 2. The molecule has 0 aromatic heterocycles. The Bertz CT molecular complexity index is 717. The molecule has 5 heteroatoms. The van der Waals surface area contributed by atoms with Gasteiger partial charge in [-0.2, -0.15) is 0 Å². The molecule has 5 nitrogen and oxygen atoms in total. The fourth-order valence-corrected chi connectivity index (χ4v) is 4.20. The van der Waals surface area contributed by atoms with Crippen molar-refractivity contribution in [1.29, 1.82) is 0 Å². The Hall–Kier alpha value is -2.17. The summed E-state index contributed by atoms with van der Waals surface area (Å²) in [4.78, 5) is 35.5. The van der Waals surface area contributed by atoms with E-state index in [0.29, 0.717) is 0 Å². The summed E-state index contributed by atoms with van der Waals surface area (Å²) in [6, 6.07) is 0. The molecule has 0 aromatic carbocycles. The first-order valence-electron chi connectivity index (χ1n) is 9.97. The third kappa shape index (κ3) is 5.00. The van der Waals surface area contributed by atoms with E-state index in [2.05, 4.69) is 20.4 Å². The summed E-state index contributed by atoms with van der Waals surface area (Å²) in [7, 11) is 0. The van der Waals surface area contributed by atoms with Crippen LogP contribution in [0.2, 0.25) is 0 Å². The van der Waals surface area contributed by atoms with Crippen molar-refractivity contribution in [3.63, 3.8) is 0 Å². The fraction of sp³-hybridized carbons (Fsp3) is 0.609. The summed E-state index contributed by atoms with van der Waals surface area (Å²) in [5, 5.41) is 0. The molecule has 0 heterocycles. The predicted octanol–water partition coefficient (Wildman–Crippen LogP) is 4.18. The maximum atomic E-state index is 12.4. The molecule has 1 fully saturated rings. The van der Waals surface area contributed by atoms with E-state index >= 15 is 0 Å². The molecule has 2 aliphatic rings. The maximum Gasteiger partial charge on any atom is 0.330 e. The second-order valence-corrected chi connectivity index (χ2v) is 8.53. The third-order valence-corrected chi connectivity index (χ3v) is 6.26. The van der Waals surface area contributed by atoms with Gasteiger partial charge in [0.25, 0.3) is 0 Å². The zero-order chi connectivity index (χ0) is 21.1. The fourth-order valence-electron chi connectivity index (χ4n) is 4.20. The van der Waals surface area contributed by atoms with Gasteiger partial charge in [-0.3, -0.25) is 9.59 Å². The van der Waals surface area contributed by atoms with Crippen LogP contribution in [0.1, 0.15) is 53.9 Å². The van der Waals surface area contributed by atoms with Crippen LogP contribution in [0.4, 0.5) is 0 Å². The van der Waals surface area contributed by atoms with Gasteiger partial charge in [0.15, 0.2) is 5.78 Å². The smallest absolute Gasteiger partial charge is 0.330 e. The molecule has 28 heavy (non-hydrogen) atoms. The first kappa shape index (κ1) is 22.1. The van der Waals surface area contributed by atoms with Crippen molar-refractivity contribution >= 4 is 17.7 Å². The lowest BCUT2D eigenvalue weighted by molar-refractivity contribution is -0.150. The highest BCUT2D eigenvalue weighted by atomic mass is 16.5. The van der Waals surface area contributed by atoms with Crippen LogP contribution in [-0.4, -0.2) is 30.4 Å². The van der Waals surface area contributed by atoms with E-state index in [1.54, 1.807) is 12.2 Å². The second kappa shape index (κ2) is 8.89. The first-order chi connectivity index (χ1) is 13.0. The predicted molar refractivity (Wildman–Crippen MR) is 107 cm³/mol. The van der Waals surface area contributed by atoms with E-state index < -0.39 is 0 Å². The van der Waals surface area contributed by atoms with Crippen molar-refractivity contribution in [2.75, 3.05) is 6.61 Å². The number of carbonyl (C=O) groups is 3. The lowest BCUT2D eigenvalue weighted by Gasteiger charge is -2.49. The van der Waals surface area contributed by atoms with Crippen LogP contribution >= 0.6 is 0 Å². The van der Waals surface area contributed by atoms with Crippen molar-refractivity contribution in [2.45, 2.75) is 60.0 Å². The molecule has 154 valence electrons. The summed E-state index contributed by atoms with van der Waals surface area (Å²) >= 11 is 0. The number of carbonyl (C=O) groups excluding carboxylic acids is 3. The Morgan fingerprint density at radius 3 is 2.68 bits per heavy atom. The number of esters is 2. The Balaban J connectivity index is 2.02. The molecular weight excluding hydrogens is 356 g/mol. The molecule has 0 aliphatic heterocycles. The zero-order valence-corrected chi connectivity index (χ0v) is 17.6. The minimum atomic E-state index is -0.383. The minimum Gasteiger partial charge on any atom is -0.465 e. The highest BCUT2D eigenvalue weighted by Gasteiger charge is 2.48. The van der Waals surface area contributed by atoms with Crippen LogP contribution in [-0.2, 0) is 23.9 Å². The van der Waals surface area contributed by atoms with Gasteiger partial charge in [-0.25, -0.2) is 4.79 Å². The molecule has 2 rings (SSSR count). The van der Waals surface area contributed by atoms with Crippen LogP contribution < -0.4 is 0 Å². The van der Waals surface area contributed by atoms with E-state index in [9.17, 15) is 14.4 Å². The van der Waals surface area contributed by atoms with Crippen LogP contribution in [0.15, 0.2) is 36.0 Å². The lowest BCUT2D eigenvalue weighted by Crippen LogP contribution is -2.46. The van der Waals surface area contributed by atoms with E-state index in [4.69, 9.17) is 9.47 Å². The SMILES string of the molecule is C=C(C)C1CC2(C)C(=CC1=O)CCC(OC(=O)C=CC(C)COC(C)=O)C2C. The van der Waals surface area contributed by atoms with Crippen molar-refractivity contribution < 1.29 is 23.9 Å². The van der Waals surface area contributed by atoms with Gasteiger partial charge in [-0.05, 0) is 37.7 Å². The third-order valence-electron chi connectivity index (χ3n) is 6.26. The van der Waals surface area contributed by atoms with Gasteiger partial charge in [-0.1, -0.05) is 44.6 Å². The van der Waals surface area contributed by atoms with Gasteiger partial charge in [0.1, 0.15) is 6.10 Å². The first-order valence-corrected chi connectivity index (χ1v) is 9.97. The summed E-state index contributed by atoms with van der Waals surface area (Å²) in [6.45, 7) is 13.6. The van der Waals surface area contributed by atoms with Gasteiger partial charge in [0.05, 0.1) is 6.61 Å². The van der Waals surface area contributed by atoms with E-state index in [1.165, 1.54) is 18.6 Å². The Morgan fingerprint density at radius 1 is 1.39 bits per heavy atom. The highest BCUT2D eigenvalue weighted by molar-refractivity contribution is 5.95. The topological polar surface area (TPSA) is 69.7 Å². The quantitative estimate of drug-likeness (QED) is 0.388. The van der Waals surface area contributed by atoms with Gasteiger partial charge < -0.3 is 9.47 Å². The Kier molecular flexibility index (Phi) is 7.02. The molecule has 0 aromatic rings. The number of hydrogen-bond donors (Lipinski definition) is 0. The average Bonchev–Trinajstić information content (AvgIpc) is 2.62. The number of ketones is 1. The molecule has 0 spiro atoms. The number of hydrogen-bond acceptors (Lipinski definition) is 5. The summed E-state index contributed by atoms with van der Waals surface area (Å²) in [5.41, 5.74) is 1.88. The molecule has 5 unspecified atom stereocenters. The van der Waals surface area contributed by atoms with Gasteiger partial charge in [0.2, 0.25) is 0 Å². The standard InChI is InChI=1S/C23H32O5/c1-14(2)19-12-23(6)16(4)21(9-8-18(23)11-20(19)25)28-22(26)10-7-15(3)13-27-17(5)24/h7,10-11,15-16,19,21H,1,8-9,12-13H2,2-6H3. The van der Waals surface area contributed by atoms with Crippen LogP contribution in [0.25, 0.3) is 0 Å². The monoisotopic (exact) mass is 388 g/mol. The molecular formula is C23H32O5. The summed E-state index contributed by atoms with van der Waals surface area (Å²) in [5.74, 6) is -0.688. The highest BCUT2D eigenvalue weighted by Crippen LogP contribution is 2.52. The molecule has 1 saturated carbocycles. The normalized spacial score (nSPS) is 31.0. The van der Waals surface area contributed by atoms with Gasteiger partial charge >= 0.3 is 11.9 Å². The van der Waals surface area contributed by atoms with Crippen molar-refractivity contribution in [1.82, 2.24) is 0 Å². The number of rotatable bonds is 6. The van der Waals surface area contributed by atoms with Crippen LogP contribution in [0.3, 0.4) is 0 Å². The molecule has 5 atom stereocenters. The molecule has 0 saturated heterocycles.